The fraction of sp³-hybridized carbons (Fsp3) is 0.250. The summed E-state index contributed by atoms with van der Waals surface area (Å²) >= 11 is 0. The molecule has 0 heterocycles. The van der Waals surface area contributed by atoms with E-state index in [1.807, 2.05) is 18.2 Å². The summed E-state index contributed by atoms with van der Waals surface area (Å²) in [4.78, 5) is 0.0445. The molecular formula is C16H18FNO3S. The maximum absolute atomic E-state index is 13.0. The first kappa shape index (κ1) is 16.6. The summed E-state index contributed by atoms with van der Waals surface area (Å²) in [7, 11) is -3.71. The van der Waals surface area contributed by atoms with Crippen LogP contribution in [-0.2, 0) is 10.0 Å². The Kier molecular flexibility index (Phi) is 5.28. The van der Waals surface area contributed by atoms with Crippen molar-refractivity contribution in [2.75, 3.05) is 6.54 Å². The highest BCUT2D eigenvalue weighted by molar-refractivity contribution is 7.89. The van der Waals surface area contributed by atoms with Crippen LogP contribution >= 0.6 is 0 Å². The zero-order valence-corrected chi connectivity index (χ0v) is 13.0. The van der Waals surface area contributed by atoms with Crippen LogP contribution < -0.4 is 4.72 Å². The van der Waals surface area contributed by atoms with Gasteiger partial charge in [0.2, 0.25) is 10.0 Å². The molecule has 6 heteroatoms. The van der Waals surface area contributed by atoms with Gasteiger partial charge in [0.15, 0.2) is 0 Å². The van der Waals surface area contributed by atoms with E-state index >= 15 is 0 Å². The van der Waals surface area contributed by atoms with Gasteiger partial charge in [-0.2, -0.15) is 0 Å². The maximum Gasteiger partial charge on any atom is 0.240 e. The molecule has 118 valence electrons. The lowest BCUT2D eigenvalue weighted by atomic mass is 10.1. The molecule has 2 rings (SSSR count). The Balaban J connectivity index is 1.98. The van der Waals surface area contributed by atoms with Gasteiger partial charge in [-0.15, -0.1) is 0 Å². The van der Waals surface area contributed by atoms with E-state index in [2.05, 4.69) is 4.72 Å². The molecule has 0 aliphatic heterocycles. The van der Waals surface area contributed by atoms with E-state index in [0.717, 1.165) is 11.6 Å². The molecule has 1 atom stereocenters. The number of nitrogens with one attached hydrogen (secondary N) is 1. The predicted octanol–water partition coefficient (Wildman–Crippen LogP) is 2.54. The van der Waals surface area contributed by atoms with Crippen molar-refractivity contribution in [3.05, 3.63) is 65.5 Å². The van der Waals surface area contributed by atoms with Crippen molar-refractivity contribution in [1.29, 1.82) is 0 Å². The highest BCUT2D eigenvalue weighted by Gasteiger charge is 2.17. The minimum atomic E-state index is -3.71. The second-order valence-corrected chi connectivity index (χ2v) is 6.76. The molecule has 2 aromatic rings. The zero-order valence-electron chi connectivity index (χ0n) is 12.2. The van der Waals surface area contributed by atoms with Gasteiger partial charge in [-0.1, -0.05) is 30.3 Å². The first-order valence-corrected chi connectivity index (χ1v) is 8.37. The largest absolute Gasteiger partial charge is 0.388 e. The molecule has 0 aliphatic rings. The van der Waals surface area contributed by atoms with Crippen LogP contribution in [0.1, 0.15) is 23.7 Å². The Morgan fingerprint density at radius 2 is 1.86 bits per heavy atom. The standard InChI is InChI=1S/C16H18FNO3S/c1-12-11-14(17)7-8-16(12)22(20,21)18-10-9-15(19)13-5-3-2-4-6-13/h2-8,11,15,18-19H,9-10H2,1H3/t15-/m0/s1. The molecule has 0 amide bonds. The fourth-order valence-electron chi connectivity index (χ4n) is 2.16. The number of halogens is 1. The van der Waals surface area contributed by atoms with E-state index in [4.69, 9.17) is 0 Å². The van der Waals surface area contributed by atoms with Gasteiger partial charge in [0.05, 0.1) is 11.0 Å². The van der Waals surface area contributed by atoms with Crippen LogP contribution in [-0.4, -0.2) is 20.1 Å². The van der Waals surface area contributed by atoms with Crippen molar-refractivity contribution in [1.82, 2.24) is 4.72 Å². The van der Waals surface area contributed by atoms with Gasteiger partial charge in [-0.25, -0.2) is 17.5 Å². The molecule has 0 aromatic heterocycles. The third-order valence-electron chi connectivity index (χ3n) is 3.32. The van der Waals surface area contributed by atoms with Gasteiger partial charge in [0.25, 0.3) is 0 Å². The molecule has 0 bridgehead atoms. The second-order valence-electron chi connectivity index (χ2n) is 5.02. The Hall–Kier alpha value is -1.76. The molecule has 4 nitrogen and oxygen atoms in total. The summed E-state index contributed by atoms with van der Waals surface area (Å²) in [5.74, 6) is -0.476. The highest BCUT2D eigenvalue weighted by Crippen LogP contribution is 2.18. The topological polar surface area (TPSA) is 66.4 Å². The molecule has 22 heavy (non-hydrogen) atoms. The molecule has 2 aromatic carbocycles. The quantitative estimate of drug-likeness (QED) is 0.858. The molecule has 0 saturated heterocycles. The van der Waals surface area contributed by atoms with E-state index in [-0.39, 0.29) is 17.9 Å². The van der Waals surface area contributed by atoms with E-state index in [9.17, 15) is 17.9 Å². The van der Waals surface area contributed by atoms with Gasteiger partial charge in [0.1, 0.15) is 5.82 Å². The Bertz CT molecular complexity index is 732. The first-order valence-electron chi connectivity index (χ1n) is 6.89. The summed E-state index contributed by atoms with van der Waals surface area (Å²) in [6, 6.07) is 12.5. The lowest BCUT2D eigenvalue weighted by Gasteiger charge is -2.13. The van der Waals surface area contributed by atoms with Gasteiger partial charge >= 0.3 is 0 Å². The predicted molar refractivity (Wildman–Crippen MR) is 82.3 cm³/mol. The van der Waals surface area contributed by atoms with E-state index in [1.54, 1.807) is 12.1 Å². The average molecular weight is 323 g/mol. The number of aliphatic hydroxyl groups is 1. The van der Waals surface area contributed by atoms with E-state index in [0.29, 0.717) is 5.56 Å². The van der Waals surface area contributed by atoms with Crippen molar-refractivity contribution >= 4 is 10.0 Å². The number of rotatable bonds is 6. The van der Waals surface area contributed by atoms with Gasteiger partial charge in [-0.3, -0.25) is 0 Å². The van der Waals surface area contributed by atoms with E-state index < -0.39 is 21.9 Å². The van der Waals surface area contributed by atoms with Crippen molar-refractivity contribution in [3.8, 4) is 0 Å². The first-order chi connectivity index (χ1) is 10.4. The minimum absolute atomic E-state index is 0.0445. The molecule has 0 spiro atoms. The van der Waals surface area contributed by atoms with Crippen molar-refractivity contribution in [2.45, 2.75) is 24.3 Å². The molecule has 0 saturated carbocycles. The summed E-state index contributed by atoms with van der Waals surface area (Å²) in [6.07, 6.45) is -0.484. The SMILES string of the molecule is Cc1cc(F)ccc1S(=O)(=O)NCC[C@H](O)c1ccccc1. The maximum atomic E-state index is 13.0. The number of aryl methyl sites for hydroxylation is 1. The van der Waals surface area contributed by atoms with Crippen LogP contribution in [0.5, 0.6) is 0 Å². The lowest BCUT2D eigenvalue weighted by molar-refractivity contribution is 0.169. The zero-order chi connectivity index (χ0) is 16.2. The van der Waals surface area contributed by atoms with E-state index in [1.165, 1.54) is 19.1 Å². The number of aliphatic hydroxyl groups excluding tert-OH is 1. The molecular weight excluding hydrogens is 305 g/mol. The Morgan fingerprint density at radius 3 is 2.50 bits per heavy atom. The third kappa shape index (κ3) is 4.13. The molecule has 2 N–H and O–H groups in total. The fourth-order valence-corrected chi connectivity index (χ4v) is 3.44. The smallest absolute Gasteiger partial charge is 0.240 e. The van der Waals surface area contributed by atoms with Gasteiger partial charge < -0.3 is 5.11 Å². The number of hydrogen-bond donors (Lipinski definition) is 2. The normalized spacial score (nSPS) is 13.0. The van der Waals surface area contributed by atoms with Crippen LogP contribution in [0.15, 0.2) is 53.4 Å². The molecule has 0 radical (unpaired) electrons. The van der Waals surface area contributed by atoms with Gasteiger partial charge in [-0.05, 0) is 42.7 Å². The van der Waals surface area contributed by atoms with Gasteiger partial charge in [0, 0.05) is 6.54 Å². The Morgan fingerprint density at radius 1 is 1.18 bits per heavy atom. The molecule has 0 aliphatic carbocycles. The van der Waals surface area contributed by atoms with Crippen LogP contribution in [0.3, 0.4) is 0 Å². The van der Waals surface area contributed by atoms with Crippen molar-refractivity contribution in [3.63, 3.8) is 0 Å². The number of benzene rings is 2. The molecule has 0 fully saturated rings. The van der Waals surface area contributed by atoms with Crippen LogP contribution in [0.25, 0.3) is 0 Å². The van der Waals surface area contributed by atoms with Crippen LogP contribution in [0, 0.1) is 12.7 Å². The van der Waals surface area contributed by atoms with Crippen molar-refractivity contribution in [2.24, 2.45) is 0 Å². The van der Waals surface area contributed by atoms with Crippen LogP contribution in [0.2, 0.25) is 0 Å². The summed E-state index contributed by atoms with van der Waals surface area (Å²) in [5.41, 5.74) is 1.08. The summed E-state index contributed by atoms with van der Waals surface area (Å²) in [5, 5.41) is 9.99. The molecule has 0 unspecified atom stereocenters. The summed E-state index contributed by atoms with van der Waals surface area (Å²) in [6.45, 7) is 1.63. The number of hydrogen-bond acceptors (Lipinski definition) is 3. The van der Waals surface area contributed by atoms with Crippen LogP contribution in [0.4, 0.5) is 4.39 Å². The minimum Gasteiger partial charge on any atom is -0.388 e. The second kappa shape index (κ2) is 7.00. The average Bonchev–Trinajstić information content (AvgIpc) is 2.47. The number of sulfonamides is 1. The highest BCUT2D eigenvalue weighted by atomic mass is 32.2. The van der Waals surface area contributed by atoms with Crippen molar-refractivity contribution < 1.29 is 17.9 Å². The third-order valence-corrected chi connectivity index (χ3v) is 4.94. The Labute approximate surface area is 129 Å². The monoisotopic (exact) mass is 323 g/mol. The summed E-state index contributed by atoms with van der Waals surface area (Å²) < 4.78 is 39.8. The lowest BCUT2D eigenvalue weighted by Crippen LogP contribution is -2.26.